The SMILES string of the molecule is COCC1CCC(COC)N1c1ncnc(Nc2cccc(CS(N)(=O)=O)c2)n1. The lowest BCUT2D eigenvalue weighted by atomic mass is 10.2. The maximum Gasteiger partial charge on any atom is 0.231 e. The van der Waals surface area contributed by atoms with Gasteiger partial charge in [0.2, 0.25) is 21.9 Å². The van der Waals surface area contributed by atoms with E-state index in [1.54, 1.807) is 38.5 Å². The number of aromatic nitrogens is 3. The van der Waals surface area contributed by atoms with Crippen molar-refractivity contribution in [2.24, 2.45) is 5.14 Å². The van der Waals surface area contributed by atoms with Crippen molar-refractivity contribution in [3.63, 3.8) is 0 Å². The molecule has 0 spiro atoms. The molecule has 0 saturated carbocycles. The van der Waals surface area contributed by atoms with Gasteiger partial charge in [-0.2, -0.15) is 4.98 Å². The van der Waals surface area contributed by atoms with Gasteiger partial charge in [0.1, 0.15) is 6.33 Å². The maximum atomic E-state index is 11.3. The van der Waals surface area contributed by atoms with E-state index in [0.717, 1.165) is 12.8 Å². The van der Waals surface area contributed by atoms with Crippen molar-refractivity contribution >= 4 is 27.6 Å². The molecule has 2 heterocycles. The quantitative estimate of drug-likeness (QED) is 0.608. The number of anilines is 3. The highest BCUT2D eigenvalue weighted by Crippen LogP contribution is 2.29. The number of primary sulfonamides is 1. The van der Waals surface area contributed by atoms with Crippen molar-refractivity contribution in [2.75, 3.05) is 37.7 Å². The molecular weight excluding hydrogens is 396 g/mol. The molecule has 158 valence electrons. The number of sulfonamides is 1. The second-order valence-electron chi connectivity index (χ2n) is 6.94. The number of nitrogens with two attached hydrogens (primary N) is 1. The lowest BCUT2D eigenvalue weighted by Crippen LogP contribution is -2.42. The maximum absolute atomic E-state index is 11.3. The molecule has 1 aliphatic heterocycles. The summed E-state index contributed by atoms with van der Waals surface area (Å²) in [6.45, 7) is 1.15. The van der Waals surface area contributed by atoms with E-state index < -0.39 is 10.0 Å². The van der Waals surface area contributed by atoms with Crippen molar-refractivity contribution in [3.05, 3.63) is 36.2 Å². The zero-order chi connectivity index (χ0) is 20.9. The third kappa shape index (κ3) is 5.82. The zero-order valence-corrected chi connectivity index (χ0v) is 17.3. The predicted molar refractivity (Wildman–Crippen MR) is 109 cm³/mol. The monoisotopic (exact) mass is 422 g/mol. The van der Waals surface area contributed by atoms with E-state index in [1.165, 1.54) is 6.33 Å². The van der Waals surface area contributed by atoms with Crippen LogP contribution in [0, 0.1) is 0 Å². The van der Waals surface area contributed by atoms with Crippen LogP contribution in [0.4, 0.5) is 17.6 Å². The Labute approximate surface area is 170 Å². The van der Waals surface area contributed by atoms with Crippen molar-refractivity contribution in [1.29, 1.82) is 0 Å². The van der Waals surface area contributed by atoms with Crippen molar-refractivity contribution in [2.45, 2.75) is 30.7 Å². The van der Waals surface area contributed by atoms with Gasteiger partial charge < -0.3 is 19.7 Å². The van der Waals surface area contributed by atoms with Gasteiger partial charge >= 0.3 is 0 Å². The molecule has 2 unspecified atom stereocenters. The zero-order valence-electron chi connectivity index (χ0n) is 16.5. The highest BCUT2D eigenvalue weighted by atomic mass is 32.2. The Kier molecular flexibility index (Phi) is 6.96. The van der Waals surface area contributed by atoms with E-state index in [-0.39, 0.29) is 17.8 Å². The molecule has 1 aromatic heterocycles. The Morgan fingerprint density at radius 2 is 1.86 bits per heavy atom. The number of hydrogen-bond acceptors (Lipinski definition) is 9. The van der Waals surface area contributed by atoms with Gasteiger partial charge in [-0.1, -0.05) is 12.1 Å². The fourth-order valence-corrected chi connectivity index (χ4v) is 4.22. The summed E-state index contributed by atoms with van der Waals surface area (Å²) in [5, 5.41) is 8.23. The van der Waals surface area contributed by atoms with Crippen LogP contribution in [-0.4, -0.2) is 62.9 Å². The second kappa shape index (κ2) is 9.44. The minimum Gasteiger partial charge on any atom is -0.383 e. The number of hydrogen-bond donors (Lipinski definition) is 2. The van der Waals surface area contributed by atoms with Crippen LogP contribution in [0.5, 0.6) is 0 Å². The smallest absolute Gasteiger partial charge is 0.231 e. The highest BCUT2D eigenvalue weighted by Gasteiger charge is 2.35. The molecule has 0 amide bonds. The van der Waals surface area contributed by atoms with Gasteiger partial charge in [-0.15, -0.1) is 0 Å². The Morgan fingerprint density at radius 3 is 2.48 bits per heavy atom. The summed E-state index contributed by atoms with van der Waals surface area (Å²) in [5.74, 6) is 0.669. The Hall–Kier alpha value is -2.34. The van der Waals surface area contributed by atoms with E-state index in [0.29, 0.717) is 36.4 Å². The van der Waals surface area contributed by atoms with E-state index >= 15 is 0 Å². The molecule has 0 bridgehead atoms. The molecule has 1 aliphatic rings. The summed E-state index contributed by atoms with van der Waals surface area (Å²) in [7, 11) is -0.253. The van der Waals surface area contributed by atoms with Gasteiger partial charge in [0, 0.05) is 19.9 Å². The lowest BCUT2D eigenvalue weighted by Gasteiger charge is -2.29. The third-order valence-electron chi connectivity index (χ3n) is 4.68. The van der Waals surface area contributed by atoms with Crippen molar-refractivity contribution in [3.8, 4) is 0 Å². The number of methoxy groups -OCH3 is 2. The van der Waals surface area contributed by atoms with Crippen LogP contribution in [0.1, 0.15) is 18.4 Å². The fraction of sp³-hybridized carbons (Fsp3) is 0.500. The molecule has 2 aromatic rings. The van der Waals surface area contributed by atoms with Gasteiger partial charge in [-0.3, -0.25) is 0 Å². The molecule has 29 heavy (non-hydrogen) atoms. The lowest BCUT2D eigenvalue weighted by molar-refractivity contribution is 0.166. The Bertz CT molecular complexity index is 912. The largest absolute Gasteiger partial charge is 0.383 e. The molecule has 10 nitrogen and oxygen atoms in total. The van der Waals surface area contributed by atoms with Crippen molar-refractivity contribution < 1.29 is 17.9 Å². The second-order valence-corrected chi connectivity index (χ2v) is 8.56. The first-order valence-corrected chi connectivity index (χ1v) is 10.9. The van der Waals surface area contributed by atoms with Crippen LogP contribution < -0.4 is 15.4 Å². The molecule has 0 radical (unpaired) electrons. The number of nitrogens with zero attached hydrogens (tertiary/aromatic N) is 4. The Balaban J connectivity index is 1.81. The number of nitrogens with one attached hydrogen (secondary N) is 1. The molecule has 11 heteroatoms. The summed E-state index contributed by atoms with van der Waals surface area (Å²) in [4.78, 5) is 15.2. The fourth-order valence-electron chi connectivity index (χ4n) is 3.57. The Morgan fingerprint density at radius 1 is 1.17 bits per heavy atom. The summed E-state index contributed by atoms with van der Waals surface area (Å²) >= 11 is 0. The molecule has 3 rings (SSSR count). The van der Waals surface area contributed by atoms with Crippen LogP contribution in [-0.2, 0) is 25.2 Å². The van der Waals surface area contributed by atoms with E-state index in [1.807, 2.05) is 0 Å². The van der Waals surface area contributed by atoms with E-state index in [2.05, 4.69) is 25.2 Å². The molecule has 2 atom stereocenters. The first kappa shape index (κ1) is 21.4. The molecular formula is C18H26N6O4S. The molecule has 3 N–H and O–H groups in total. The normalized spacial score (nSPS) is 19.5. The third-order valence-corrected chi connectivity index (χ3v) is 5.41. The molecule has 1 aromatic carbocycles. The summed E-state index contributed by atoms with van der Waals surface area (Å²) in [5.41, 5.74) is 1.23. The van der Waals surface area contributed by atoms with Crippen LogP contribution >= 0.6 is 0 Å². The summed E-state index contributed by atoms with van der Waals surface area (Å²) in [6.07, 6.45) is 3.38. The van der Waals surface area contributed by atoms with E-state index in [9.17, 15) is 8.42 Å². The summed E-state index contributed by atoms with van der Waals surface area (Å²) < 4.78 is 33.4. The van der Waals surface area contributed by atoms with Gasteiger partial charge in [0.05, 0.1) is 31.1 Å². The van der Waals surface area contributed by atoms with Crippen LogP contribution in [0.15, 0.2) is 30.6 Å². The van der Waals surface area contributed by atoms with Gasteiger partial charge in [0.15, 0.2) is 0 Å². The van der Waals surface area contributed by atoms with Gasteiger partial charge in [0.25, 0.3) is 0 Å². The summed E-state index contributed by atoms with van der Waals surface area (Å²) in [6, 6.07) is 7.26. The average molecular weight is 423 g/mol. The van der Waals surface area contributed by atoms with Crippen LogP contribution in [0.2, 0.25) is 0 Å². The average Bonchev–Trinajstić information content (AvgIpc) is 3.04. The topological polar surface area (TPSA) is 133 Å². The van der Waals surface area contributed by atoms with Crippen LogP contribution in [0.3, 0.4) is 0 Å². The van der Waals surface area contributed by atoms with E-state index in [4.69, 9.17) is 14.6 Å². The molecule has 1 fully saturated rings. The minimum atomic E-state index is -3.61. The van der Waals surface area contributed by atoms with Gasteiger partial charge in [-0.25, -0.2) is 23.5 Å². The predicted octanol–water partition coefficient (Wildman–Crippen LogP) is 1.03. The number of ether oxygens (including phenoxy) is 2. The first-order valence-electron chi connectivity index (χ1n) is 9.21. The van der Waals surface area contributed by atoms with Crippen LogP contribution in [0.25, 0.3) is 0 Å². The number of rotatable bonds is 9. The standard InChI is InChI=1S/C18H26N6O4S/c1-27-9-15-6-7-16(10-28-2)24(15)18-21-12-20-17(23-18)22-14-5-3-4-13(8-14)11-29(19,25)26/h3-5,8,12,15-16H,6-7,9-11H2,1-2H3,(H2,19,25,26)(H,20,21,22,23). The molecule has 1 saturated heterocycles. The van der Waals surface area contributed by atoms with Gasteiger partial charge in [-0.05, 0) is 30.5 Å². The number of benzene rings is 1. The minimum absolute atomic E-state index is 0.161. The first-order chi connectivity index (χ1) is 13.9. The molecule has 0 aliphatic carbocycles. The highest BCUT2D eigenvalue weighted by molar-refractivity contribution is 7.88. The van der Waals surface area contributed by atoms with Crippen molar-refractivity contribution in [1.82, 2.24) is 15.0 Å².